The number of nitrogen functional groups attached to an aromatic ring is 1. The fourth-order valence-corrected chi connectivity index (χ4v) is 2.76. The highest BCUT2D eigenvalue weighted by atomic mass is 16.7. The van der Waals surface area contributed by atoms with E-state index in [0.29, 0.717) is 16.8 Å². The molecule has 0 saturated carbocycles. The van der Waals surface area contributed by atoms with Crippen LogP contribution in [0, 0.1) is 10.1 Å². The van der Waals surface area contributed by atoms with Crippen molar-refractivity contribution in [3.8, 4) is 0 Å². The maximum Gasteiger partial charge on any atom is 0.495 e. The van der Waals surface area contributed by atoms with Gasteiger partial charge in [-0.1, -0.05) is 0 Å². The Morgan fingerprint density at radius 1 is 1.07 bits per heavy atom. The Labute approximate surface area is 163 Å². The predicted molar refractivity (Wildman–Crippen MR) is 108 cm³/mol. The van der Waals surface area contributed by atoms with Crippen LogP contribution >= 0.6 is 0 Å². The smallest absolute Gasteiger partial charge is 0.399 e. The third kappa shape index (κ3) is 3.85. The van der Waals surface area contributed by atoms with Gasteiger partial charge in [0, 0.05) is 29.1 Å². The fourth-order valence-electron chi connectivity index (χ4n) is 2.76. The first-order valence-corrected chi connectivity index (χ1v) is 8.80. The first kappa shape index (κ1) is 19.8. The van der Waals surface area contributed by atoms with Gasteiger partial charge in [0.1, 0.15) is 0 Å². The second-order valence-corrected chi connectivity index (χ2v) is 7.73. The van der Waals surface area contributed by atoms with Crippen molar-refractivity contribution < 1.29 is 19.0 Å². The zero-order valence-corrected chi connectivity index (χ0v) is 16.2. The summed E-state index contributed by atoms with van der Waals surface area (Å²) < 4.78 is 11.9. The van der Waals surface area contributed by atoms with Gasteiger partial charge < -0.3 is 20.4 Å². The normalized spacial score (nSPS) is 17.4. The van der Waals surface area contributed by atoms with E-state index < -0.39 is 29.2 Å². The van der Waals surface area contributed by atoms with Gasteiger partial charge >= 0.3 is 7.12 Å². The Morgan fingerprint density at radius 2 is 1.64 bits per heavy atom. The van der Waals surface area contributed by atoms with Gasteiger partial charge in [-0.2, -0.15) is 0 Å². The molecule has 1 aliphatic heterocycles. The second-order valence-electron chi connectivity index (χ2n) is 7.73. The minimum absolute atomic E-state index is 0.135. The number of non-ortho nitro benzene ring substituents is 1. The van der Waals surface area contributed by atoms with Crippen LogP contribution in [0.4, 0.5) is 17.1 Å². The number of nitrogens with zero attached hydrogens (tertiary/aromatic N) is 1. The maximum absolute atomic E-state index is 12.6. The molecule has 2 aromatic rings. The number of rotatable bonds is 4. The first-order valence-electron chi connectivity index (χ1n) is 8.80. The summed E-state index contributed by atoms with van der Waals surface area (Å²) in [5.41, 5.74) is 5.87. The van der Waals surface area contributed by atoms with Gasteiger partial charge in [-0.05, 0) is 63.5 Å². The first-order chi connectivity index (χ1) is 13.0. The van der Waals surface area contributed by atoms with Crippen LogP contribution in [0.5, 0.6) is 0 Å². The molecular formula is C19H22BN3O5. The van der Waals surface area contributed by atoms with Crippen LogP contribution in [-0.2, 0) is 9.31 Å². The molecule has 3 rings (SSSR count). The molecule has 1 saturated heterocycles. The van der Waals surface area contributed by atoms with Crippen LogP contribution in [-0.4, -0.2) is 29.2 Å². The molecule has 146 valence electrons. The zero-order valence-electron chi connectivity index (χ0n) is 16.2. The van der Waals surface area contributed by atoms with E-state index >= 15 is 0 Å². The number of hydrogen-bond acceptors (Lipinski definition) is 6. The lowest BCUT2D eigenvalue weighted by Crippen LogP contribution is -2.41. The van der Waals surface area contributed by atoms with Gasteiger partial charge in [-0.15, -0.1) is 0 Å². The van der Waals surface area contributed by atoms with Crippen molar-refractivity contribution in [2.45, 2.75) is 38.9 Å². The average Bonchev–Trinajstić information content (AvgIpc) is 2.84. The highest BCUT2D eigenvalue weighted by molar-refractivity contribution is 6.62. The summed E-state index contributed by atoms with van der Waals surface area (Å²) in [6.45, 7) is 7.55. The van der Waals surface area contributed by atoms with Gasteiger partial charge in [0.2, 0.25) is 0 Å². The van der Waals surface area contributed by atoms with Crippen molar-refractivity contribution in [1.82, 2.24) is 0 Å². The summed E-state index contributed by atoms with van der Waals surface area (Å²) in [6, 6.07) is 10.7. The largest absolute Gasteiger partial charge is 0.495 e. The highest BCUT2D eigenvalue weighted by Gasteiger charge is 2.52. The number of nitro groups is 1. The molecule has 2 aromatic carbocycles. The summed E-state index contributed by atoms with van der Waals surface area (Å²) in [5, 5.41) is 14.1. The summed E-state index contributed by atoms with van der Waals surface area (Å²) in [5.74, 6) is -0.480. The number of amides is 1. The Kier molecular flexibility index (Phi) is 4.90. The molecule has 0 bridgehead atoms. The number of nitrogens with one attached hydrogen (secondary N) is 1. The summed E-state index contributed by atoms with van der Waals surface area (Å²) in [4.78, 5) is 23.5. The molecule has 9 heteroatoms. The van der Waals surface area contributed by atoms with Crippen molar-refractivity contribution in [2.24, 2.45) is 0 Å². The lowest BCUT2D eigenvalue weighted by Gasteiger charge is -2.32. The van der Waals surface area contributed by atoms with Crippen LogP contribution in [0.3, 0.4) is 0 Å². The van der Waals surface area contributed by atoms with Crippen molar-refractivity contribution in [3.63, 3.8) is 0 Å². The van der Waals surface area contributed by atoms with E-state index in [1.165, 1.54) is 12.1 Å². The second kappa shape index (κ2) is 6.92. The third-order valence-corrected chi connectivity index (χ3v) is 5.11. The van der Waals surface area contributed by atoms with Crippen LogP contribution in [0.1, 0.15) is 38.1 Å². The van der Waals surface area contributed by atoms with Crippen LogP contribution < -0.4 is 16.5 Å². The number of carbonyl (C=O) groups excluding carboxylic acids is 1. The number of nitro benzene ring substituents is 1. The zero-order chi connectivity index (χ0) is 20.7. The number of hydrogen-bond donors (Lipinski definition) is 2. The molecule has 28 heavy (non-hydrogen) atoms. The van der Waals surface area contributed by atoms with E-state index in [0.717, 1.165) is 0 Å². The van der Waals surface area contributed by atoms with E-state index in [1.807, 2.05) is 27.7 Å². The van der Waals surface area contributed by atoms with Crippen molar-refractivity contribution in [3.05, 3.63) is 58.1 Å². The molecule has 1 heterocycles. The van der Waals surface area contributed by atoms with E-state index in [-0.39, 0.29) is 11.3 Å². The van der Waals surface area contributed by atoms with Crippen LogP contribution in [0.25, 0.3) is 0 Å². The molecule has 0 atom stereocenters. The fraction of sp³-hybridized carbons (Fsp3) is 0.316. The number of anilines is 2. The van der Waals surface area contributed by atoms with E-state index in [2.05, 4.69) is 5.32 Å². The van der Waals surface area contributed by atoms with Crippen LogP contribution in [0.15, 0.2) is 42.5 Å². The molecule has 0 aromatic heterocycles. The number of benzene rings is 2. The van der Waals surface area contributed by atoms with Gasteiger partial charge in [-0.25, -0.2) is 0 Å². The van der Waals surface area contributed by atoms with Crippen molar-refractivity contribution in [2.75, 3.05) is 11.1 Å². The molecule has 0 aliphatic carbocycles. The van der Waals surface area contributed by atoms with Gasteiger partial charge in [0.25, 0.3) is 11.6 Å². The molecule has 0 radical (unpaired) electrons. The van der Waals surface area contributed by atoms with E-state index in [9.17, 15) is 14.9 Å². The maximum atomic E-state index is 12.6. The molecule has 1 fully saturated rings. The van der Waals surface area contributed by atoms with Gasteiger partial charge in [0.15, 0.2) is 0 Å². The molecule has 1 aliphatic rings. The van der Waals surface area contributed by atoms with Gasteiger partial charge in [-0.3, -0.25) is 14.9 Å². The molecule has 0 unspecified atom stereocenters. The van der Waals surface area contributed by atoms with Crippen molar-refractivity contribution in [1.29, 1.82) is 0 Å². The highest BCUT2D eigenvalue weighted by Crippen LogP contribution is 2.36. The molecular weight excluding hydrogens is 361 g/mol. The SMILES string of the molecule is CC1(C)OB(c2cc(C(=O)Nc3ccc(N)cc3)cc([N+](=O)[O-])c2)OC1(C)C. The Morgan fingerprint density at radius 3 is 2.18 bits per heavy atom. The van der Waals surface area contributed by atoms with Crippen molar-refractivity contribution >= 4 is 35.6 Å². The number of nitrogens with two attached hydrogens (primary N) is 1. The Bertz CT molecular complexity index is 912. The Hall–Kier alpha value is -2.91. The standard InChI is InChI=1S/C19H22BN3O5/c1-18(2)19(3,4)28-20(27-18)13-9-12(10-16(11-13)23(25)26)17(24)22-15-7-5-14(21)6-8-15/h5-11H,21H2,1-4H3,(H,22,24). The van der Waals surface area contributed by atoms with Crippen LogP contribution in [0.2, 0.25) is 0 Å². The average molecular weight is 383 g/mol. The van der Waals surface area contributed by atoms with E-state index in [4.69, 9.17) is 15.0 Å². The minimum Gasteiger partial charge on any atom is -0.399 e. The third-order valence-electron chi connectivity index (χ3n) is 5.11. The summed E-state index contributed by atoms with van der Waals surface area (Å²) in [6.07, 6.45) is 0. The predicted octanol–water partition coefficient (Wildman–Crippen LogP) is 2.73. The minimum atomic E-state index is -0.812. The lowest BCUT2D eigenvalue weighted by atomic mass is 9.78. The Balaban J connectivity index is 1.93. The lowest BCUT2D eigenvalue weighted by molar-refractivity contribution is -0.384. The number of carbonyl (C=O) groups is 1. The molecule has 0 spiro atoms. The molecule has 3 N–H and O–H groups in total. The molecule has 1 amide bonds. The summed E-state index contributed by atoms with van der Waals surface area (Å²) in [7, 11) is -0.812. The van der Waals surface area contributed by atoms with E-state index in [1.54, 1.807) is 30.3 Å². The topological polar surface area (TPSA) is 117 Å². The monoisotopic (exact) mass is 383 g/mol. The molecule has 8 nitrogen and oxygen atoms in total. The quantitative estimate of drug-likeness (QED) is 0.363. The van der Waals surface area contributed by atoms with Gasteiger partial charge in [0.05, 0.1) is 16.1 Å². The summed E-state index contributed by atoms with van der Waals surface area (Å²) >= 11 is 0.